The average Bonchev–Trinajstić information content (AvgIpc) is 2.65. The summed E-state index contributed by atoms with van der Waals surface area (Å²) in [4.78, 5) is 11.7. The second kappa shape index (κ2) is 7.73. The van der Waals surface area contributed by atoms with E-state index in [2.05, 4.69) is 10.0 Å². The van der Waals surface area contributed by atoms with Crippen LogP contribution >= 0.6 is 0 Å². The Morgan fingerprint density at radius 1 is 0.821 bits per heavy atom. The molecule has 28 heavy (non-hydrogen) atoms. The molecule has 0 saturated heterocycles. The molecule has 9 heteroatoms. The van der Waals surface area contributed by atoms with Gasteiger partial charge in [0.05, 0.1) is 16.1 Å². The average molecular weight is 406 g/mol. The van der Waals surface area contributed by atoms with Crippen LogP contribution in [0.15, 0.2) is 71.6 Å². The van der Waals surface area contributed by atoms with Crippen LogP contribution in [0.5, 0.6) is 0 Å². The van der Waals surface area contributed by atoms with Crippen LogP contribution < -0.4 is 10.0 Å². The van der Waals surface area contributed by atoms with Crippen molar-refractivity contribution in [3.63, 3.8) is 0 Å². The minimum Gasteiger partial charge on any atom is -0.319 e. The quantitative estimate of drug-likeness (QED) is 0.668. The second-order valence-electron chi connectivity index (χ2n) is 5.69. The third kappa shape index (κ3) is 4.32. The molecule has 0 heterocycles. The zero-order chi connectivity index (χ0) is 20.3. The van der Waals surface area contributed by atoms with Gasteiger partial charge in [0.2, 0.25) is 0 Å². The van der Waals surface area contributed by atoms with Crippen molar-refractivity contribution in [1.82, 2.24) is 0 Å². The van der Waals surface area contributed by atoms with E-state index in [1.54, 1.807) is 0 Å². The number of anilines is 2. The van der Waals surface area contributed by atoms with Gasteiger partial charge in [-0.15, -0.1) is 0 Å². The molecular weight excluding hydrogens is 393 g/mol. The van der Waals surface area contributed by atoms with Crippen molar-refractivity contribution >= 4 is 27.3 Å². The number of hydrogen-bond donors (Lipinski definition) is 2. The Balaban J connectivity index is 1.80. The first-order valence-electron chi connectivity index (χ1n) is 7.90. The number of rotatable bonds is 5. The van der Waals surface area contributed by atoms with Gasteiger partial charge in [-0.05, 0) is 54.6 Å². The number of hydrogen-bond acceptors (Lipinski definition) is 3. The highest BCUT2D eigenvalue weighted by Gasteiger charge is 2.18. The second-order valence-corrected chi connectivity index (χ2v) is 7.37. The van der Waals surface area contributed by atoms with Gasteiger partial charge in [0.25, 0.3) is 15.9 Å². The Hall–Kier alpha value is -3.33. The minimum absolute atomic E-state index is 0.0961. The predicted octanol–water partition coefficient (Wildman–Crippen LogP) is 4.16. The summed E-state index contributed by atoms with van der Waals surface area (Å²) in [5, 5.41) is 2.19. The number of sulfonamides is 1. The molecule has 0 aromatic heterocycles. The SMILES string of the molecule is O=C(Nc1ccc(S(=O)(=O)Nc2ccc(F)cc2)cc1F)c1ccccc1F. The molecule has 0 fully saturated rings. The van der Waals surface area contributed by atoms with Gasteiger partial charge in [-0.3, -0.25) is 9.52 Å². The fourth-order valence-electron chi connectivity index (χ4n) is 2.33. The molecule has 144 valence electrons. The maximum absolute atomic E-state index is 14.3. The maximum atomic E-state index is 14.3. The van der Waals surface area contributed by atoms with Gasteiger partial charge >= 0.3 is 0 Å². The molecule has 3 aromatic carbocycles. The van der Waals surface area contributed by atoms with Crippen molar-refractivity contribution in [2.75, 3.05) is 10.0 Å². The Kier molecular flexibility index (Phi) is 5.36. The van der Waals surface area contributed by atoms with Crippen LogP contribution in [0.25, 0.3) is 0 Å². The molecular formula is C19H13F3N2O3S. The number of nitrogens with one attached hydrogen (secondary N) is 2. The van der Waals surface area contributed by atoms with Gasteiger partial charge in [-0.2, -0.15) is 0 Å². The van der Waals surface area contributed by atoms with Gasteiger partial charge < -0.3 is 5.32 Å². The standard InChI is InChI=1S/C19H13F3N2O3S/c20-12-5-7-13(8-6-12)24-28(26,27)14-9-10-18(17(22)11-14)23-19(25)15-3-1-2-4-16(15)21/h1-11,24H,(H,23,25). The summed E-state index contributed by atoms with van der Waals surface area (Å²) >= 11 is 0. The van der Waals surface area contributed by atoms with E-state index in [0.29, 0.717) is 6.07 Å². The molecule has 0 spiro atoms. The first-order chi connectivity index (χ1) is 13.3. The molecule has 3 rings (SSSR count). The summed E-state index contributed by atoms with van der Waals surface area (Å²) in [6.07, 6.45) is 0. The van der Waals surface area contributed by atoms with E-state index < -0.39 is 38.3 Å². The van der Waals surface area contributed by atoms with Crippen LogP contribution in [0, 0.1) is 17.5 Å². The lowest BCUT2D eigenvalue weighted by molar-refractivity contribution is 0.102. The summed E-state index contributed by atoms with van der Waals surface area (Å²) in [6, 6.07) is 12.6. The van der Waals surface area contributed by atoms with E-state index in [4.69, 9.17) is 0 Å². The van der Waals surface area contributed by atoms with Crippen LogP contribution in [0.2, 0.25) is 0 Å². The van der Waals surface area contributed by atoms with Crippen molar-refractivity contribution in [2.24, 2.45) is 0 Å². The van der Waals surface area contributed by atoms with Gasteiger partial charge in [0.1, 0.15) is 17.5 Å². The summed E-state index contributed by atoms with van der Waals surface area (Å²) in [7, 11) is -4.14. The Morgan fingerprint density at radius 3 is 2.14 bits per heavy atom. The smallest absolute Gasteiger partial charge is 0.261 e. The van der Waals surface area contributed by atoms with Gasteiger partial charge in [-0.1, -0.05) is 12.1 Å². The van der Waals surface area contributed by atoms with Crippen LogP contribution in [0.3, 0.4) is 0 Å². The number of amides is 1. The van der Waals surface area contributed by atoms with Crippen molar-refractivity contribution in [1.29, 1.82) is 0 Å². The summed E-state index contributed by atoms with van der Waals surface area (Å²) in [5.74, 6) is -3.21. The van der Waals surface area contributed by atoms with Crippen molar-refractivity contribution in [3.05, 3.63) is 89.7 Å². The van der Waals surface area contributed by atoms with E-state index in [-0.39, 0.29) is 16.9 Å². The fourth-order valence-corrected chi connectivity index (χ4v) is 3.40. The van der Waals surface area contributed by atoms with Crippen LogP contribution in [0.1, 0.15) is 10.4 Å². The number of carbonyl (C=O) groups is 1. The fraction of sp³-hybridized carbons (Fsp3) is 0. The molecule has 0 atom stereocenters. The summed E-state index contributed by atoms with van der Waals surface area (Å²) < 4.78 is 67.7. The Bertz CT molecular complexity index is 1130. The molecule has 0 aliphatic heterocycles. The van der Waals surface area contributed by atoms with E-state index in [9.17, 15) is 26.4 Å². The monoisotopic (exact) mass is 406 g/mol. The molecule has 5 nitrogen and oxygen atoms in total. The maximum Gasteiger partial charge on any atom is 0.261 e. The van der Waals surface area contributed by atoms with Gasteiger partial charge in [-0.25, -0.2) is 21.6 Å². The number of benzene rings is 3. The first kappa shape index (κ1) is 19.4. The van der Waals surface area contributed by atoms with Gasteiger partial charge in [0.15, 0.2) is 0 Å². The molecule has 0 aliphatic carbocycles. The van der Waals surface area contributed by atoms with E-state index in [1.165, 1.54) is 30.3 Å². The van der Waals surface area contributed by atoms with Crippen LogP contribution in [-0.2, 0) is 10.0 Å². The molecule has 0 aliphatic rings. The Labute approximate surface area is 158 Å². The van der Waals surface area contributed by atoms with E-state index in [1.807, 2.05) is 0 Å². The van der Waals surface area contributed by atoms with E-state index >= 15 is 0 Å². The molecule has 0 bridgehead atoms. The highest BCUT2D eigenvalue weighted by Crippen LogP contribution is 2.22. The summed E-state index contributed by atoms with van der Waals surface area (Å²) in [5.41, 5.74) is -0.496. The largest absolute Gasteiger partial charge is 0.319 e. The molecule has 0 saturated carbocycles. The van der Waals surface area contributed by atoms with Crippen LogP contribution in [-0.4, -0.2) is 14.3 Å². The molecule has 0 radical (unpaired) electrons. The Morgan fingerprint density at radius 2 is 1.50 bits per heavy atom. The molecule has 2 N–H and O–H groups in total. The third-order valence-electron chi connectivity index (χ3n) is 3.71. The van der Waals surface area contributed by atoms with E-state index in [0.717, 1.165) is 30.3 Å². The van der Waals surface area contributed by atoms with Crippen molar-refractivity contribution < 1.29 is 26.4 Å². The third-order valence-corrected chi connectivity index (χ3v) is 5.09. The normalized spacial score (nSPS) is 11.1. The zero-order valence-electron chi connectivity index (χ0n) is 14.1. The zero-order valence-corrected chi connectivity index (χ0v) is 14.9. The lowest BCUT2D eigenvalue weighted by atomic mass is 10.2. The minimum atomic E-state index is -4.14. The lowest BCUT2D eigenvalue weighted by Crippen LogP contribution is -2.16. The highest BCUT2D eigenvalue weighted by atomic mass is 32.2. The topological polar surface area (TPSA) is 75.3 Å². The van der Waals surface area contributed by atoms with Crippen molar-refractivity contribution in [2.45, 2.75) is 4.90 Å². The first-order valence-corrected chi connectivity index (χ1v) is 9.38. The summed E-state index contributed by atoms with van der Waals surface area (Å²) in [6.45, 7) is 0. The number of halogens is 3. The molecule has 0 unspecified atom stereocenters. The van der Waals surface area contributed by atoms with Crippen molar-refractivity contribution in [3.8, 4) is 0 Å². The van der Waals surface area contributed by atoms with Crippen LogP contribution in [0.4, 0.5) is 24.5 Å². The number of carbonyl (C=O) groups excluding carboxylic acids is 1. The lowest BCUT2D eigenvalue weighted by Gasteiger charge is -2.11. The molecule has 3 aromatic rings. The highest BCUT2D eigenvalue weighted by molar-refractivity contribution is 7.92. The molecule has 1 amide bonds. The van der Waals surface area contributed by atoms with Gasteiger partial charge in [0, 0.05) is 5.69 Å². The predicted molar refractivity (Wildman–Crippen MR) is 98.0 cm³/mol.